The van der Waals surface area contributed by atoms with Crippen molar-refractivity contribution in [3.05, 3.63) is 70.8 Å². The van der Waals surface area contributed by atoms with E-state index in [2.05, 4.69) is 5.32 Å². The minimum Gasteiger partial charge on any atom is -0.449 e. The van der Waals surface area contributed by atoms with Crippen molar-refractivity contribution in [2.75, 3.05) is 0 Å². The van der Waals surface area contributed by atoms with Crippen LogP contribution < -0.4 is 5.32 Å². The summed E-state index contributed by atoms with van der Waals surface area (Å²) in [6, 6.07) is 15.1. The van der Waals surface area contributed by atoms with Crippen LogP contribution in [-0.2, 0) is 16.1 Å². The Labute approximate surface area is 136 Å². The van der Waals surface area contributed by atoms with Gasteiger partial charge in [0.05, 0.1) is 5.56 Å². The number of aryl methyl sites for hydroxylation is 2. The predicted molar refractivity (Wildman–Crippen MR) is 89.1 cm³/mol. The summed E-state index contributed by atoms with van der Waals surface area (Å²) in [6.45, 7) is 5.81. The summed E-state index contributed by atoms with van der Waals surface area (Å²) >= 11 is 0. The van der Waals surface area contributed by atoms with E-state index in [0.29, 0.717) is 12.1 Å². The van der Waals surface area contributed by atoms with Gasteiger partial charge >= 0.3 is 5.97 Å². The van der Waals surface area contributed by atoms with Crippen LogP contribution in [0.2, 0.25) is 0 Å². The number of nitrogens with one attached hydrogen (secondary N) is 1. The molecule has 0 saturated heterocycles. The Morgan fingerprint density at radius 1 is 1.04 bits per heavy atom. The van der Waals surface area contributed by atoms with E-state index >= 15 is 0 Å². The first-order valence-electron chi connectivity index (χ1n) is 7.56. The fraction of sp³-hybridized carbons (Fsp3) is 0.263. The van der Waals surface area contributed by atoms with E-state index in [1.165, 1.54) is 0 Å². The highest BCUT2D eigenvalue weighted by atomic mass is 16.5. The third-order valence-electron chi connectivity index (χ3n) is 3.42. The van der Waals surface area contributed by atoms with Gasteiger partial charge in [-0.25, -0.2) is 4.79 Å². The molecule has 0 radical (unpaired) electrons. The monoisotopic (exact) mass is 311 g/mol. The van der Waals surface area contributed by atoms with Gasteiger partial charge in [0.1, 0.15) is 0 Å². The standard InChI is InChI=1S/C19H21NO3/c1-13-9-14(2)11-17(10-13)19(22)23-15(3)18(21)20-12-16-7-5-4-6-8-16/h4-11,15H,12H2,1-3H3,(H,20,21). The number of benzene rings is 2. The summed E-state index contributed by atoms with van der Waals surface area (Å²) in [7, 11) is 0. The topological polar surface area (TPSA) is 55.4 Å². The van der Waals surface area contributed by atoms with Gasteiger partial charge in [-0.1, -0.05) is 47.5 Å². The number of hydrogen-bond acceptors (Lipinski definition) is 3. The third-order valence-corrected chi connectivity index (χ3v) is 3.42. The fourth-order valence-corrected chi connectivity index (χ4v) is 2.30. The second-order valence-corrected chi connectivity index (χ2v) is 5.63. The number of hydrogen-bond donors (Lipinski definition) is 1. The predicted octanol–water partition coefficient (Wildman–Crippen LogP) is 3.17. The van der Waals surface area contributed by atoms with E-state index < -0.39 is 12.1 Å². The molecule has 1 atom stereocenters. The van der Waals surface area contributed by atoms with Crippen molar-refractivity contribution in [1.82, 2.24) is 5.32 Å². The first kappa shape index (κ1) is 16.7. The van der Waals surface area contributed by atoms with Crippen LogP contribution >= 0.6 is 0 Å². The number of carbonyl (C=O) groups is 2. The Balaban J connectivity index is 1.91. The second-order valence-electron chi connectivity index (χ2n) is 5.63. The Morgan fingerprint density at radius 3 is 2.26 bits per heavy atom. The zero-order valence-corrected chi connectivity index (χ0v) is 13.6. The van der Waals surface area contributed by atoms with Crippen molar-refractivity contribution in [3.8, 4) is 0 Å². The van der Waals surface area contributed by atoms with Crippen LogP contribution in [0.4, 0.5) is 0 Å². The lowest BCUT2D eigenvalue weighted by atomic mass is 10.1. The summed E-state index contributed by atoms with van der Waals surface area (Å²) in [5.74, 6) is -0.800. The van der Waals surface area contributed by atoms with Gasteiger partial charge in [0.2, 0.25) is 0 Å². The minimum atomic E-state index is -0.841. The highest BCUT2D eigenvalue weighted by Gasteiger charge is 2.18. The number of ether oxygens (including phenoxy) is 1. The summed E-state index contributed by atoms with van der Waals surface area (Å²) in [5.41, 5.74) is 3.43. The van der Waals surface area contributed by atoms with Crippen molar-refractivity contribution in [3.63, 3.8) is 0 Å². The highest BCUT2D eigenvalue weighted by Crippen LogP contribution is 2.11. The summed E-state index contributed by atoms with van der Waals surface area (Å²) in [6.07, 6.45) is -0.841. The maximum Gasteiger partial charge on any atom is 0.338 e. The van der Waals surface area contributed by atoms with Crippen LogP contribution in [0.3, 0.4) is 0 Å². The van der Waals surface area contributed by atoms with Gasteiger partial charge in [-0.3, -0.25) is 4.79 Å². The molecule has 0 aliphatic rings. The van der Waals surface area contributed by atoms with Crippen molar-refractivity contribution in [1.29, 1.82) is 0 Å². The first-order valence-corrected chi connectivity index (χ1v) is 7.56. The molecule has 23 heavy (non-hydrogen) atoms. The summed E-state index contributed by atoms with van der Waals surface area (Å²) < 4.78 is 5.25. The smallest absolute Gasteiger partial charge is 0.338 e. The lowest BCUT2D eigenvalue weighted by Crippen LogP contribution is -2.35. The lowest BCUT2D eigenvalue weighted by Gasteiger charge is -2.14. The normalized spacial score (nSPS) is 11.6. The number of esters is 1. The second kappa shape index (κ2) is 7.58. The van der Waals surface area contributed by atoms with Gasteiger partial charge in [-0.2, -0.15) is 0 Å². The van der Waals surface area contributed by atoms with Gasteiger partial charge in [0, 0.05) is 6.54 Å². The van der Waals surface area contributed by atoms with Crippen molar-refractivity contribution < 1.29 is 14.3 Å². The largest absolute Gasteiger partial charge is 0.449 e. The zero-order chi connectivity index (χ0) is 16.8. The molecule has 0 fully saturated rings. The third kappa shape index (κ3) is 4.95. The van der Waals surface area contributed by atoms with Crippen molar-refractivity contribution >= 4 is 11.9 Å². The van der Waals surface area contributed by atoms with Gasteiger partial charge in [-0.05, 0) is 38.5 Å². The lowest BCUT2D eigenvalue weighted by molar-refractivity contribution is -0.129. The molecule has 0 aliphatic heterocycles. The average Bonchev–Trinajstić information content (AvgIpc) is 2.52. The molecule has 1 unspecified atom stereocenters. The van der Waals surface area contributed by atoms with E-state index in [9.17, 15) is 9.59 Å². The zero-order valence-electron chi connectivity index (χ0n) is 13.6. The molecule has 0 spiro atoms. The fourth-order valence-electron chi connectivity index (χ4n) is 2.30. The van der Waals surface area contributed by atoms with Crippen LogP contribution in [-0.4, -0.2) is 18.0 Å². The molecular weight excluding hydrogens is 290 g/mol. The Hall–Kier alpha value is -2.62. The average molecular weight is 311 g/mol. The number of carbonyl (C=O) groups excluding carboxylic acids is 2. The van der Waals surface area contributed by atoms with Gasteiger partial charge in [0.15, 0.2) is 6.10 Å². The maximum absolute atomic E-state index is 12.1. The van der Waals surface area contributed by atoms with Crippen LogP contribution in [0.5, 0.6) is 0 Å². The Kier molecular flexibility index (Phi) is 5.52. The molecule has 0 aliphatic carbocycles. The molecule has 0 saturated carbocycles. The van der Waals surface area contributed by atoms with Crippen LogP contribution in [0, 0.1) is 13.8 Å². The number of rotatable bonds is 5. The SMILES string of the molecule is Cc1cc(C)cc(C(=O)OC(C)C(=O)NCc2ccccc2)c1. The van der Waals surface area contributed by atoms with Crippen LogP contribution in [0.25, 0.3) is 0 Å². The molecule has 2 aromatic carbocycles. The molecule has 1 N–H and O–H groups in total. The van der Waals surface area contributed by atoms with Crippen LogP contribution in [0.1, 0.15) is 34.0 Å². The minimum absolute atomic E-state index is 0.313. The van der Waals surface area contributed by atoms with Gasteiger partial charge in [0.25, 0.3) is 5.91 Å². The molecule has 2 rings (SSSR count). The first-order chi connectivity index (χ1) is 11.0. The Morgan fingerprint density at radius 2 is 1.65 bits per heavy atom. The molecule has 0 heterocycles. The van der Waals surface area contributed by atoms with Crippen LogP contribution in [0.15, 0.2) is 48.5 Å². The molecule has 4 heteroatoms. The molecule has 120 valence electrons. The molecule has 0 aromatic heterocycles. The van der Waals surface area contributed by atoms with Gasteiger partial charge < -0.3 is 10.1 Å². The van der Waals surface area contributed by atoms with Gasteiger partial charge in [-0.15, -0.1) is 0 Å². The molecule has 0 bridgehead atoms. The van der Waals surface area contributed by atoms with E-state index in [4.69, 9.17) is 4.74 Å². The van der Waals surface area contributed by atoms with Crippen molar-refractivity contribution in [2.24, 2.45) is 0 Å². The van der Waals surface area contributed by atoms with E-state index in [1.54, 1.807) is 19.1 Å². The van der Waals surface area contributed by atoms with E-state index in [1.807, 2.05) is 50.2 Å². The highest BCUT2D eigenvalue weighted by molar-refractivity contribution is 5.92. The number of amides is 1. The molecule has 1 amide bonds. The molecular formula is C19H21NO3. The maximum atomic E-state index is 12.1. The molecule has 4 nitrogen and oxygen atoms in total. The van der Waals surface area contributed by atoms with E-state index in [0.717, 1.165) is 16.7 Å². The Bertz CT molecular complexity index is 675. The summed E-state index contributed by atoms with van der Waals surface area (Å²) in [4.78, 5) is 24.2. The van der Waals surface area contributed by atoms with E-state index in [-0.39, 0.29) is 5.91 Å². The summed E-state index contributed by atoms with van der Waals surface area (Å²) in [5, 5.41) is 2.76. The molecule has 2 aromatic rings. The quantitative estimate of drug-likeness (QED) is 0.863. The van der Waals surface area contributed by atoms with Crippen molar-refractivity contribution in [2.45, 2.75) is 33.4 Å².